The van der Waals surface area contributed by atoms with Gasteiger partial charge in [0, 0.05) is 37.0 Å². The molecule has 1 unspecified atom stereocenters. The fourth-order valence-corrected chi connectivity index (χ4v) is 7.69. The Labute approximate surface area is 243 Å². The Morgan fingerprint density at radius 1 is 1.07 bits per heavy atom. The number of morpholine rings is 1. The number of hydrogen-bond donors (Lipinski definition) is 6. The van der Waals surface area contributed by atoms with Crippen molar-refractivity contribution in [3.8, 4) is 16.9 Å². The number of phenols is 1. The van der Waals surface area contributed by atoms with Crippen molar-refractivity contribution in [1.29, 1.82) is 0 Å². The standard InChI is InChI=1S/C32H36N2O8/c1-2-31-14-19-13-23(36)26(30(33)39)32(40,41)25(19)29(38)27(31)28(37)24-21(15-31)20(7-8-22(24)35)18-5-3-17(4-6-18)16-34-9-11-42-12-10-34/h3-8,19,25,35-37,40-41H,2,9-16H2,1H3,(H2,33,39)/t19-,25?,31-/m1/s1. The summed E-state index contributed by atoms with van der Waals surface area (Å²) in [4.78, 5) is 28.4. The fourth-order valence-electron chi connectivity index (χ4n) is 7.69. The van der Waals surface area contributed by atoms with Gasteiger partial charge in [0.05, 0.1) is 24.7 Å². The molecule has 7 N–H and O–H groups in total. The number of allylic oxidation sites excluding steroid dienone is 2. The van der Waals surface area contributed by atoms with E-state index in [9.17, 15) is 35.1 Å². The Balaban J connectivity index is 1.42. The number of carbonyl (C=O) groups is 2. The van der Waals surface area contributed by atoms with E-state index in [4.69, 9.17) is 10.5 Å². The Morgan fingerprint density at radius 2 is 1.76 bits per heavy atom. The molecular formula is C32H36N2O8. The SMILES string of the molecule is CC[C@@]12Cc3c(-c4ccc(CN5CCOCC5)cc4)ccc(O)c3C(O)=C1C(=O)C1[C@H](CC(O)=C(C(N)=O)C1(O)O)C2. The van der Waals surface area contributed by atoms with Crippen molar-refractivity contribution >= 4 is 17.4 Å². The highest BCUT2D eigenvalue weighted by molar-refractivity contribution is 6.08. The van der Waals surface area contributed by atoms with E-state index in [2.05, 4.69) is 17.0 Å². The van der Waals surface area contributed by atoms with Gasteiger partial charge in [0.1, 0.15) is 22.8 Å². The lowest BCUT2D eigenvalue weighted by Gasteiger charge is -2.52. The zero-order valence-electron chi connectivity index (χ0n) is 23.5. The van der Waals surface area contributed by atoms with Crippen LogP contribution in [-0.4, -0.2) is 74.2 Å². The van der Waals surface area contributed by atoms with Gasteiger partial charge in [-0.15, -0.1) is 0 Å². The first-order valence-electron chi connectivity index (χ1n) is 14.4. The predicted octanol–water partition coefficient (Wildman–Crippen LogP) is 2.70. The Hall–Kier alpha value is -3.70. The molecule has 10 heteroatoms. The number of nitrogens with zero attached hydrogens (tertiary/aromatic N) is 1. The minimum Gasteiger partial charge on any atom is -0.512 e. The summed E-state index contributed by atoms with van der Waals surface area (Å²) < 4.78 is 5.44. The molecule has 42 heavy (non-hydrogen) atoms. The number of benzene rings is 2. The molecule has 0 bridgehead atoms. The van der Waals surface area contributed by atoms with Crippen LogP contribution in [0, 0.1) is 17.3 Å². The first-order chi connectivity index (χ1) is 20.0. The number of primary amides is 1. The third-order valence-electron chi connectivity index (χ3n) is 9.71. The second kappa shape index (κ2) is 10.2. The van der Waals surface area contributed by atoms with Gasteiger partial charge in [0.15, 0.2) is 5.78 Å². The zero-order valence-corrected chi connectivity index (χ0v) is 23.5. The minimum absolute atomic E-state index is 0.00439. The lowest BCUT2D eigenvalue weighted by atomic mass is 9.52. The molecule has 1 amide bonds. The Bertz CT molecular complexity index is 1520. The highest BCUT2D eigenvalue weighted by atomic mass is 16.5. The highest BCUT2D eigenvalue weighted by Crippen LogP contribution is 2.60. The van der Waals surface area contributed by atoms with E-state index in [-0.39, 0.29) is 29.7 Å². The predicted molar refractivity (Wildman–Crippen MR) is 153 cm³/mol. The molecule has 1 heterocycles. The van der Waals surface area contributed by atoms with Gasteiger partial charge in [-0.3, -0.25) is 14.5 Å². The number of phenolic OH excluding ortho intramolecular Hbond substituents is 1. The van der Waals surface area contributed by atoms with E-state index in [0.29, 0.717) is 18.4 Å². The summed E-state index contributed by atoms with van der Waals surface area (Å²) in [7, 11) is 0. The lowest BCUT2D eigenvalue weighted by molar-refractivity contribution is -0.200. The molecule has 10 nitrogen and oxygen atoms in total. The monoisotopic (exact) mass is 576 g/mol. The van der Waals surface area contributed by atoms with Crippen molar-refractivity contribution in [3.63, 3.8) is 0 Å². The number of nitrogens with two attached hydrogens (primary N) is 1. The first-order valence-corrected chi connectivity index (χ1v) is 14.4. The average molecular weight is 577 g/mol. The van der Waals surface area contributed by atoms with Crippen LogP contribution >= 0.6 is 0 Å². The maximum atomic E-state index is 14.0. The van der Waals surface area contributed by atoms with Crippen molar-refractivity contribution in [2.45, 2.75) is 44.9 Å². The molecule has 1 saturated heterocycles. The molecule has 3 atom stereocenters. The molecule has 3 aliphatic carbocycles. The van der Waals surface area contributed by atoms with Crippen molar-refractivity contribution in [1.82, 2.24) is 4.90 Å². The molecular weight excluding hydrogens is 540 g/mol. The third kappa shape index (κ3) is 4.32. The van der Waals surface area contributed by atoms with Crippen LogP contribution in [0.5, 0.6) is 5.75 Å². The number of aliphatic hydroxyl groups excluding tert-OH is 2. The van der Waals surface area contributed by atoms with Gasteiger partial charge < -0.3 is 36.0 Å². The molecule has 2 aromatic carbocycles. The van der Waals surface area contributed by atoms with Crippen LogP contribution in [-0.2, 0) is 27.3 Å². The zero-order chi connectivity index (χ0) is 30.0. The molecule has 222 valence electrons. The van der Waals surface area contributed by atoms with Crippen molar-refractivity contribution < 1.29 is 39.9 Å². The van der Waals surface area contributed by atoms with Gasteiger partial charge in [-0.25, -0.2) is 0 Å². The quantitative estimate of drug-likeness (QED) is 0.293. The van der Waals surface area contributed by atoms with Crippen molar-refractivity contribution in [2.75, 3.05) is 26.3 Å². The number of amides is 1. The Morgan fingerprint density at radius 3 is 2.40 bits per heavy atom. The molecule has 1 aliphatic heterocycles. The van der Waals surface area contributed by atoms with Gasteiger partial charge in [0.25, 0.3) is 5.91 Å². The van der Waals surface area contributed by atoms with Crippen LogP contribution in [0.3, 0.4) is 0 Å². The maximum absolute atomic E-state index is 14.0. The fraction of sp³-hybridized carbons (Fsp3) is 0.438. The van der Waals surface area contributed by atoms with E-state index >= 15 is 0 Å². The smallest absolute Gasteiger partial charge is 0.253 e. The summed E-state index contributed by atoms with van der Waals surface area (Å²) in [5, 5.41) is 55.1. The second-order valence-electron chi connectivity index (χ2n) is 12.0. The molecule has 0 radical (unpaired) electrons. The number of carbonyl (C=O) groups excluding carboxylic acids is 2. The molecule has 6 rings (SSSR count). The van der Waals surface area contributed by atoms with Crippen LogP contribution in [0.4, 0.5) is 0 Å². The van der Waals surface area contributed by atoms with Crippen molar-refractivity contribution in [2.24, 2.45) is 23.0 Å². The summed E-state index contributed by atoms with van der Waals surface area (Å²) in [6.45, 7) is 5.91. The van der Waals surface area contributed by atoms with Crippen LogP contribution < -0.4 is 5.73 Å². The van der Waals surface area contributed by atoms with E-state index in [1.807, 2.05) is 19.1 Å². The number of Topliss-reactive ketones (excluding diaryl/α,β-unsaturated/α-hetero) is 1. The van der Waals surface area contributed by atoms with Gasteiger partial charge in [0.2, 0.25) is 5.79 Å². The topological polar surface area (TPSA) is 174 Å². The van der Waals surface area contributed by atoms with Gasteiger partial charge >= 0.3 is 0 Å². The van der Waals surface area contributed by atoms with E-state index < -0.39 is 51.8 Å². The molecule has 2 fully saturated rings. The van der Waals surface area contributed by atoms with Crippen LogP contribution in [0.25, 0.3) is 16.9 Å². The number of aromatic hydroxyl groups is 1. The maximum Gasteiger partial charge on any atom is 0.253 e. The first kappa shape index (κ1) is 28.4. The van der Waals surface area contributed by atoms with E-state index in [1.165, 1.54) is 6.07 Å². The summed E-state index contributed by atoms with van der Waals surface area (Å²) in [6, 6.07) is 11.4. The van der Waals surface area contributed by atoms with Gasteiger partial charge in [-0.2, -0.15) is 0 Å². The normalized spacial score (nSPS) is 27.4. The number of fused-ring (bicyclic) bond motifs is 3. The molecule has 4 aliphatic rings. The van der Waals surface area contributed by atoms with Crippen LogP contribution in [0.1, 0.15) is 42.9 Å². The number of aliphatic hydroxyl groups is 4. The average Bonchev–Trinajstić information content (AvgIpc) is 2.93. The molecule has 2 aromatic rings. The number of ether oxygens (including phenoxy) is 1. The highest BCUT2D eigenvalue weighted by Gasteiger charge is 2.62. The van der Waals surface area contributed by atoms with E-state index in [1.54, 1.807) is 6.07 Å². The van der Waals surface area contributed by atoms with E-state index in [0.717, 1.165) is 49.5 Å². The largest absolute Gasteiger partial charge is 0.512 e. The number of rotatable bonds is 5. The molecule has 1 saturated carbocycles. The van der Waals surface area contributed by atoms with Gasteiger partial charge in [-0.05, 0) is 53.5 Å². The third-order valence-corrected chi connectivity index (χ3v) is 9.71. The molecule has 0 spiro atoms. The molecule has 0 aromatic heterocycles. The summed E-state index contributed by atoms with van der Waals surface area (Å²) in [6.07, 6.45) is 0.859. The van der Waals surface area contributed by atoms with Crippen molar-refractivity contribution in [3.05, 3.63) is 70.0 Å². The second-order valence-corrected chi connectivity index (χ2v) is 12.0. The summed E-state index contributed by atoms with van der Waals surface area (Å²) >= 11 is 0. The summed E-state index contributed by atoms with van der Waals surface area (Å²) in [5.41, 5.74) is 7.34. The van der Waals surface area contributed by atoms with Crippen LogP contribution in [0.15, 0.2) is 53.3 Å². The Kier molecular flexibility index (Phi) is 6.93. The lowest BCUT2D eigenvalue weighted by Crippen LogP contribution is -2.59. The van der Waals surface area contributed by atoms with Crippen LogP contribution in [0.2, 0.25) is 0 Å². The summed E-state index contributed by atoms with van der Waals surface area (Å²) in [5.74, 6) is -8.34. The van der Waals surface area contributed by atoms with Gasteiger partial charge in [-0.1, -0.05) is 37.3 Å². The number of ketones is 1. The number of hydrogen-bond acceptors (Lipinski definition) is 9. The minimum atomic E-state index is -3.00.